The Hall–Kier alpha value is -1.64. The van der Waals surface area contributed by atoms with Crippen molar-refractivity contribution in [3.05, 3.63) is 24.3 Å². The quantitative estimate of drug-likeness (QED) is 0.623. The molecule has 1 aliphatic rings. The molecule has 0 spiro atoms. The van der Waals surface area contributed by atoms with Crippen molar-refractivity contribution < 1.29 is 18.3 Å². The summed E-state index contributed by atoms with van der Waals surface area (Å²) in [6, 6.07) is 4.90. The van der Waals surface area contributed by atoms with Crippen LogP contribution in [0.15, 0.2) is 29.2 Å². The van der Waals surface area contributed by atoms with E-state index in [0.29, 0.717) is 24.9 Å². The average Bonchev–Trinajstić information content (AvgIpc) is 2.41. The van der Waals surface area contributed by atoms with Crippen molar-refractivity contribution in [2.75, 3.05) is 5.32 Å². The van der Waals surface area contributed by atoms with Crippen molar-refractivity contribution in [2.24, 2.45) is 11.7 Å². The number of nitrogens with two attached hydrogens (primary N) is 1. The van der Waals surface area contributed by atoms with Crippen LogP contribution >= 0.6 is 0 Å². The van der Waals surface area contributed by atoms with Crippen molar-refractivity contribution in [2.45, 2.75) is 43.2 Å². The molecular formula is C14H21N3O4S. The van der Waals surface area contributed by atoms with E-state index in [2.05, 4.69) is 10.0 Å². The summed E-state index contributed by atoms with van der Waals surface area (Å²) in [5.74, 6) is 0.172. The summed E-state index contributed by atoms with van der Waals surface area (Å²) >= 11 is 0. The number of amides is 2. The van der Waals surface area contributed by atoms with Gasteiger partial charge in [-0.05, 0) is 49.4 Å². The lowest BCUT2D eigenvalue weighted by Crippen LogP contribution is -2.46. The number of urea groups is 1. The number of hydrogen-bond acceptors (Lipinski definition) is 4. The van der Waals surface area contributed by atoms with E-state index in [4.69, 9.17) is 5.73 Å². The molecule has 7 nitrogen and oxygen atoms in total. The standard InChI is InChI=1S/C14H21N3O4S/c1-2-13(9-7-11(18)8-9)17-22(20,21)12-5-3-10(4-6-12)16-14(15)19/h3-6,9,11,13,17-18H,2,7-8H2,1H3,(H3,15,16,19)/t9?,11?,13-/m0/s1. The second kappa shape index (κ2) is 6.64. The van der Waals surface area contributed by atoms with Gasteiger partial charge in [0.05, 0.1) is 11.0 Å². The number of nitrogens with one attached hydrogen (secondary N) is 2. The van der Waals surface area contributed by atoms with Gasteiger partial charge in [-0.1, -0.05) is 6.92 Å². The fourth-order valence-electron chi connectivity index (χ4n) is 2.60. The molecule has 2 rings (SSSR count). The van der Waals surface area contributed by atoms with Crippen molar-refractivity contribution >= 4 is 21.7 Å². The van der Waals surface area contributed by atoms with E-state index in [1.807, 2.05) is 6.92 Å². The minimum atomic E-state index is -3.63. The Balaban J connectivity index is 2.07. The largest absolute Gasteiger partial charge is 0.393 e. The number of hydrogen-bond donors (Lipinski definition) is 4. The molecule has 1 atom stereocenters. The topological polar surface area (TPSA) is 122 Å². The summed E-state index contributed by atoms with van der Waals surface area (Å²) < 4.78 is 27.4. The molecule has 1 saturated carbocycles. The lowest BCUT2D eigenvalue weighted by molar-refractivity contribution is 0.0277. The van der Waals surface area contributed by atoms with Crippen LogP contribution in [-0.4, -0.2) is 31.7 Å². The number of carbonyl (C=O) groups is 1. The van der Waals surface area contributed by atoms with Crippen LogP contribution in [0.25, 0.3) is 0 Å². The highest BCUT2D eigenvalue weighted by molar-refractivity contribution is 7.89. The first-order chi connectivity index (χ1) is 10.3. The molecule has 2 amide bonds. The zero-order chi connectivity index (χ0) is 16.3. The predicted molar refractivity (Wildman–Crippen MR) is 82.8 cm³/mol. The van der Waals surface area contributed by atoms with Gasteiger partial charge >= 0.3 is 6.03 Å². The minimum Gasteiger partial charge on any atom is -0.393 e. The summed E-state index contributed by atoms with van der Waals surface area (Å²) in [6.07, 6.45) is 1.60. The number of aliphatic hydroxyl groups is 1. The van der Waals surface area contributed by atoms with Gasteiger partial charge in [0, 0.05) is 11.7 Å². The van der Waals surface area contributed by atoms with Crippen LogP contribution < -0.4 is 15.8 Å². The number of rotatable bonds is 6. The van der Waals surface area contributed by atoms with Crippen LogP contribution in [0.2, 0.25) is 0 Å². The van der Waals surface area contributed by atoms with Gasteiger partial charge in [-0.2, -0.15) is 0 Å². The highest BCUT2D eigenvalue weighted by Crippen LogP contribution is 2.32. The van der Waals surface area contributed by atoms with E-state index >= 15 is 0 Å². The van der Waals surface area contributed by atoms with Gasteiger partial charge in [-0.3, -0.25) is 0 Å². The molecule has 5 N–H and O–H groups in total. The summed E-state index contributed by atoms with van der Waals surface area (Å²) in [4.78, 5) is 10.9. The van der Waals surface area contributed by atoms with Crippen LogP contribution in [0.4, 0.5) is 10.5 Å². The maximum absolute atomic E-state index is 12.4. The van der Waals surface area contributed by atoms with Gasteiger partial charge in [0.15, 0.2) is 0 Å². The predicted octanol–water partition coefficient (Wildman–Crippen LogP) is 1.01. The van der Waals surface area contributed by atoms with E-state index in [0.717, 1.165) is 0 Å². The third kappa shape index (κ3) is 3.96. The van der Waals surface area contributed by atoms with Crippen LogP contribution in [0.1, 0.15) is 26.2 Å². The highest BCUT2D eigenvalue weighted by Gasteiger charge is 2.35. The third-order valence-corrected chi connectivity index (χ3v) is 5.40. The number of primary amides is 1. The van der Waals surface area contributed by atoms with Gasteiger partial charge in [0.2, 0.25) is 10.0 Å². The molecule has 1 fully saturated rings. The smallest absolute Gasteiger partial charge is 0.316 e. The molecule has 0 bridgehead atoms. The molecule has 0 radical (unpaired) electrons. The van der Waals surface area contributed by atoms with Gasteiger partial charge in [0.1, 0.15) is 0 Å². The lowest BCUT2D eigenvalue weighted by atomic mass is 9.77. The number of sulfonamides is 1. The molecule has 1 aromatic rings. The summed E-state index contributed by atoms with van der Waals surface area (Å²) in [5.41, 5.74) is 5.43. The Bertz CT molecular complexity index is 624. The maximum Gasteiger partial charge on any atom is 0.316 e. The maximum atomic E-state index is 12.4. The van der Waals surface area contributed by atoms with E-state index in [-0.39, 0.29) is 23.0 Å². The SMILES string of the molecule is CC[C@H](NS(=O)(=O)c1ccc(NC(N)=O)cc1)C1CC(O)C1. The van der Waals surface area contributed by atoms with Gasteiger partial charge in [-0.25, -0.2) is 17.9 Å². The van der Waals surface area contributed by atoms with Crippen LogP contribution in [0, 0.1) is 5.92 Å². The fraction of sp³-hybridized carbons (Fsp3) is 0.500. The van der Waals surface area contributed by atoms with Crippen molar-refractivity contribution in [3.63, 3.8) is 0 Å². The summed E-state index contributed by atoms with van der Waals surface area (Å²) in [5, 5.41) is 11.7. The second-order valence-electron chi connectivity index (χ2n) is 5.53. The van der Waals surface area contributed by atoms with E-state index in [1.54, 1.807) is 0 Å². The molecule has 0 unspecified atom stereocenters. The molecule has 0 aromatic heterocycles. The minimum absolute atomic E-state index is 0.126. The molecule has 22 heavy (non-hydrogen) atoms. The Morgan fingerprint density at radius 1 is 1.36 bits per heavy atom. The number of anilines is 1. The molecular weight excluding hydrogens is 306 g/mol. The Labute approximate surface area is 130 Å². The Morgan fingerprint density at radius 3 is 2.41 bits per heavy atom. The first-order valence-electron chi connectivity index (χ1n) is 7.18. The zero-order valence-corrected chi connectivity index (χ0v) is 13.1. The lowest BCUT2D eigenvalue weighted by Gasteiger charge is -2.37. The van der Waals surface area contributed by atoms with Crippen LogP contribution in [0.5, 0.6) is 0 Å². The normalized spacial score (nSPS) is 22.6. The van der Waals surface area contributed by atoms with Gasteiger partial charge < -0.3 is 16.2 Å². The van der Waals surface area contributed by atoms with E-state index < -0.39 is 16.1 Å². The number of benzene rings is 1. The fourth-order valence-corrected chi connectivity index (χ4v) is 3.99. The second-order valence-corrected chi connectivity index (χ2v) is 7.25. The molecule has 1 aliphatic carbocycles. The molecule has 0 heterocycles. The molecule has 122 valence electrons. The Kier molecular flexibility index (Phi) is 5.05. The van der Waals surface area contributed by atoms with Crippen LogP contribution in [-0.2, 0) is 10.0 Å². The third-order valence-electron chi connectivity index (χ3n) is 3.90. The van der Waals surface area contributed by atoms with Crippen molar-refractivity contribution in [1.82, 2.24) is 4.72 Å². The number of carbonyl (C=O) groups excluding carboxylic acids is 1. The average molecular weight is 327 g/mol. The van der Waals surface area contributed by atoms with Crippen molar-refractivity contribution in [3.8, 4) is 0 Å². The van der Waals surface area contributed by atoms with E-state index in [9.17, 15) is 18.3 Å². The highest BCUT2D eigenvalue weighted by atomic mass is 32.2. The van der Waals surface area contributed by atoms with Crippen LogP contribution in [0.3, 0.4) is 0 Å². The molecule has 1 aromatic carbocycles. The molecule has 0 saturated heterocycles. The number of aliphatic hydroxyl groups excluding tert-OH is 1. The zero-order valence-electron chi connectivity index (χ0n) is 12.3. The van der Waals surface area contributed by atoms with Gasteiger partial charge in [0.25, 0.3) is 0 Å². The monoisotopic (exact) mass is 327 g/mol. The first-order valence-corrected chi connectivity index (χ1v) is 8.67. The van der Waals surface area contributed by atoms with E-state index in [1.165, 1.54) is 24.3 Å². The summed E-state index contributed by atoms with van der Waals surface area (Å²) in [6.45, 7) is 1.91. The Morgan fingerprint density at radius 2 is 1.95 bits per heavy atom. The molecule has 0 aliphatic heterocycles. The summed E-state index contributed by atoms with van der Waals surface area (Å²) in [7, 11) is -3.63. The van der Waals surface area contributed by atoms with Gasteiger partial charge in [-0.15, -0.1) is 0 Å². The van der Waals surface area contributed by atoms with Crippen molar-refractivity contribution in [1.29, 1.82) is 0 Å². The molecule has 8 heteroatoms. The first kappa shape index (κ1) is 16.7.